The van der Waals surface area contributed by atoms with E-state index in [0.717, 1.165) is 49.5 Å². The molecule has 0 aliphatic heterocycles. The number of halogens is 3. The van der Waals surface area contributed by atoms with Gasteiger partial charge in [0.25, 0.3) is 0 Å². The average Bonchev–Trinajstić information content (AvgIpc) is 2.95. The molecule has 4 nitrogen and oxygen atoms in total. The molecule has 2 N–H and O–H groups in total. The molecule has 0 atom stereocenters. The number of nitrogens with one attached hydrogen (secondary N) is 2. The second-order valence-electron chi connectivity index (χ2n) is 6.83. The number of hydrogen-bond donors (Lipinski definition) is 2. The summed E-state index contributed by atoms with van der Waals surface area (Å²) in [6.07, 6.45) is 3.05. The van der Waals surface area contributed by atoms with Crippen molar-refractivity contribution in [1.29, 1.82) is 5.26 Å². The maximum absolute atomic E-state index is 13.4. The van der Waals surface area contributed by atoms with E-state index in [-0.39, 0.29) is 28.8 Å². The van der Waals surface area contributed by atoms with Gasteiger partial charge in [-0.3, -0.25) is 4.79 Å². The molecule has 25 heavy (non-hydrogen) atoms. The first kappa shape index (κ1) is 18.1. The number of nitrogens with zero attached hydrogens (tertiary/aromatic N) is 1. The first-order valence-electron chi connectivity index (χ1n) is 8.55. The molecule has 1 heterocycles. The fraction of sp³-hybridized carbons (Fsp3) is 0.647. The molecule has 136 valence electrons. The van der Waals surface area contributed by atoms with Gasteiger partial charge in [-0.05, 0) is 37.7 Å². The minimum Gasteiger partial charge on any atom is -0.321 e. The number of thiophene rings is 1. The average molecular weight is 371 g/mol. The Hall–Kier alpha value is -1.75. The smallest absolute Gasteiger partial charge is 0.321 e. The van der Waals surface area contributed by atoms with Gasteiger partial charge in [0.15, 0.2) is 6.19 Å². The zero-order valence-corrected chi connectivity index (χ0v) is 14.5. The zero-order valence-electron chi connectivity index (χ0n) is 13.7. The van der Waals surface area contributed by atoms with Gasteiger partial charge in [0, 0.05) is 16.8 Å². The summed E-state index contributed by atoms with van der Waals surface area (Å²) in [4.78, 5) is 12.6. The molecular weight excluding hydrogens is 351 g/mol. The number of carbonyl (C=O) groups is 1. The van der Waals surface area contributed by atoms with Crippen LogP contribution >= 0.6 is 11.3 Å². The van der Waals surface area contributed by atoms with E-state index >= 15 is 0 Å². The first-order valence-corrected chi connectivity index (χ1v) is 9.36. The lowest BCUT2D eigenvalue weighted by Gasteiger charge is -2.32. The van der Waals surface area contributed by atoms with Crippen molar-refractivity contribution in [1.82, 2.24) is 5.32 Å². The van der Waals surface area contributed by atoms with Crippen LogP contribution in [0.3, 0.4) is 0 Å². The third kappa shape index (κ3) is 4.09. The van der Waals surface area contributed by atoms with Crippen LogP contribution in [0, 0.1) is 17.4 Å². The molecular formula is C17H20F3N3OS. The number of rotatable bonds is 4. The Kier molecular flexibility index (Phi) is 5.23. The summed E-state index contributed by atoms with van der Waals surface area (Å²) in [5.41, 5.74) is -0.600. The Bertz CT molecular complexity index is 668. The Morgan fingerprint density at radius 2 is 1.92 bits per heavy atom. The highest BCUT2D eigenvalue weighted by atomic mass is 32.1. The van der Waals surface area contributed by atoms with E-state index in [4.69, 9.17) is 5.26 Å². The maximum Gasteiger partial charge on any atom is 0.417 e. The molecule has 2 fully saturated rings. The fourth-order valence-corrected chi connectivity index (χ4v) is 4.87. The quantitative estimate of drug-likeness (QED) is 0.600. The van der Waals surface area contributed by atoms with E-state index in [0.29, 0.717) is 17.7 Å². The molecule has 0 saturated heterocycles. The lowest BCUT2D eigenvalue weighted by atomic mass is 9.80. The van der Waals surface area contributed by atoms with E-state index in [2.05, 4.69) is 10.6 Å². The molecule has 1 aromatic rings. The summed E-state index contributed by atoms with van der Waals surface area (Å²) in [5.74, 6) is -0.574. The predicted octanol–water partition coefficient (Wildman–Crippen LogP) is 4.60. The summed E-state index contributed by atoms with van der Waals surface area (Å²) < 4.78 is 40.1. The van der Waals surface area contributed by atoms with E-state index in [9.17, 15) is 18.0 Å². The Balaban J connectivity index is 1.71. The van der Waals surface area contributed by atoms with Gasteiger partial charge >= 0.3 is 6.18 Å². The van der Waals surface area contributed by atoms with Gasteiger partial charge in [0.2, 0.25) is 5.91 Å². The molecule has 0 spiro atoms. The summed E-state index contributed by atoms with van der Waals surface area (Å²) >= 11 is 1.06. The van der Waals surface area contributed by atoms with Crippen molar-refractivity contribution in [2.24, 2.45) is 5.92 Å². The van der Waals surface area contributed by atoms with Crippen LogP contribution < -0.4 is 10.6 Å². The number of alkyl halides is 3. The van der Waals surface area contributed by atoms with Crippen LogP contribution in [0.1, 0.15) is 61.3 Å². The van der Waals surface area contributed by atoms with Gasteiger partial charge in [0.05, 0.1) is 10.6 Å². The second kappa shape index (κ2) is 7.24. The maximum atomic E-state index is 13.4. The van der Waals surface area contributed by atoms with E-state index in [1.165, 1.54) is 0 Å². The molecule has 0 aromatic carbocycles. The molecule has 1 amide bonds. The summed E-state index contributed by atoms with van der Waals surface area (Å²) in [7, 11) is 0. The minimum absolute atomic E-state index is 0.00683. The molecule has 2 aliphatic carbocycles. The number of anilines is 1. The van der Waals surface area contributed by atoms with Crippen LogP contribution in [-0.4, -0.2) is 11.9 Å². The molecule has 0 bridgehead atoms. The van der Waals surface area contributed by atoms with Crippen molar-refractivity contribution in [2.75, 3.05) is 5.32 Å². The van der Waals surface area contributed by atoms with Gasteiger partial charge in [-0.15, -0.1) is 11.3 Å². The Labute approximate surface area is 148 Å². The van der Waals surface area contributed by atoms with E-state index < -0.39 is 11.7 Å². The zero-order chi connectivity index (χ0) is 18.0. The third-order valence-corrected chi connectivity index (χ3v) is 6.28. The SMILES string of the molecule is N#CNC1CC(C(=O)Nc2cc(C(F)(F)F)c(C3CCCCC3)s2)C1. The highest BCUT2D eigenvalue weighted by molar-refractivity contribution is 7.16. The summed E-state index contributed by atoms with van der Waals surface area (Å²) in [6.45, 7) is 0. The summed E-state index contributed by atoms with van der Waals surface area (Å²) in [5, 5.41) is 14.0. The van der Waals surface area contributed by atoms with Gasteiger partial charge in [-0.25, -0.2) is 0 Å². The van der Waals surface area contributed by atoms with Crippen molar-refractivity contribution >= 4 is 22.2 Å². The fourth-order valence-electron chi connectivity index (χ4n) is 3.62. The number of nitriles is 1. The number of hydrogen-bond acceptors (Lipinski definition) is 4. The van der Waals surface area contributed by atoms with Crippen molar-refractivity contribution in [3.63, 3.8) is 0 Å². The first-order chi connectivity index (χ1) is 11.9. The van der Waals surface area contributed by atoms with Crippen LogP contribution in [0.2, 0.25) is 0 Å². The molecule has 1 aromatic heterocycles. The molecule has 0 unspecified atom stereocenters. The van der Waals surface area contributed by atoms with Crippen LogP contribution in [0.15, 0.2) is 6.07 Å². The van der Waals surface area contributed by atoms with Crippen LogP contribution in [0.4, 0.5) is 18.2 Å². The van der Waals surface area contributed by atoms with Crippen molar-refractivity contribution in [3.8, 4) is 6.19 Å². The molecule has 0 radical (unpaired) electrons. The standard InChI is InChI=1S/C17H20F3N3OS/c18-17(19,20)13-8-14(25-15(13)10-4-2-1-3-5-10)23-16(24)11-6-12(7-11)22-9-21/h8,10-12,22H,1-7H2,(H,23,24). The molecule has 2 aliphatic rings. The van der Waals surface area contributed by atoms with Gasteiger partial charge in [-0.1, -0.05) is 19.3 Å². The molecule has 2 saturated carbocycles. The highest BCUT2D eigenvalue weighted by Crippen LogP contribution is 2.46. The van der Waals surface area contributed by atoms with Crippen molar-refractivity contribution in [3.05, 3.63) is 16.5 Å². The Morgan fingerprint density at radius 1 is 1.24 bits per heavy atom. The summed E-state index contributed by atoms with van der Waals surface area (Å²) in [6, 6.07) is 1.07. The minimum atomic E-state index is -4.40. The van der Waals surface area contributed by atoms with Gasteiger partial charge in [-0.2, -0.15) is 18.4 Å². The normalized spacial score (nSPS) is 24.2. The molecule has 3 rings (SSSR count). The monoisotopic (exact) mass is 371 g/mol. The number of carbonyl (C=O) groups excluding carboxylic acids is 1. The molecule has 8 heteroatoms. The second-order valence-corrected chi connectivity index (χ2v) is 7.92. The number of amides is 1. The van der Waals surface area contributed by atoms with E-state index in [1.54, 1.807) is 0 Å². The van der Waals surface area contributed by atoms with Crippen molar-refractivity contribution in [2.45, 2.75) is 63.1 Å². The topological polar surface area (TPSA) is 64.9 Å². The van der Waals surface area contributed by atoms with Gasteiger partial charge < -0.3 is 10.6 Å². The van der Waals surface area contributed by atoms with Gasteiger partial charge in [0.1, 0.15) is 0 Å². The third-order valence-electron chi connectivity index (χ3n) is 5.07. The lowest BCUT2D eigenvalue weighted by Crippen LogP contribution is -2.44. The lowest BCUT2D eigenvalue weighted by molar-refractivity contribution is -0.138. The highest BCUT2D eigenvalue weighted by Gasteiger charge is 2.39. The Morgan fingerprint density at radius 3 is 2.52 bits per heavy atom. The van der Waals surface area contributed by atoms with Crippen molar-refractivity contribution < 1.29 is 18.0 Å². The largest absolute Gasteiger partial charge is 0.417 e. The van der Waals surface area contributed by atoms with Crippen LogP contribution in [0.25, 0.3) is 0 Å². The predicted molar refractivity (Wildman–Crippen MR) is 89.0 cm³/mol. The van der Waals surface area contributed by atoms with Crippen LogP contribution in [0.5, 0.6) is 0 Å². The van der Waals surface area contributed by atoms with Crippen LogP contribution in [-0.2, 0) is 11.0 Å². The van der Waals surface area contributed by atoms with E-state index in [1.807, 2.05) is 6.19 Å².